The summed E-state index contributed by atoms with van der Waals surface area (Å²) in [6, 6.07) is 3.83. The van der Waals surface area contributed by atoms with Crippen LogP contribution in [-0.2, 0) is 4.74 Å². The topological polar surface area (TPSA) is 88.8 Å². The average molecular weight is 345 g/mol. The molecule has 2 aromatic heterocycles. The number of amides is 1. The number of carbonyl (C=O) groups is 1. The summed E-state index contributed by atoms with van der Waals surface area (Å²) in [6.07, 6.45) is 1.79. The molecule has 0 N–H and O–H groups in total. The van der Waals surface area contributed by atoms with Crippen LogP contribution in [0.15, 0.2) is 12.1 Å². The van der Waals surface area contributed by atoms with E-state index >= 15 is 0 Å². The minimum Gasteiger partial charge on any atom is -0.444 e. The maximum Gasteiger partial charge on any atom is 0.410 e. The van der Waals surface area contributed by atoms with Gasteiger partial charge in [0.05, 0.1) is 0 Å². The second-order valence-corrected chi connectivity index (χ2v) is 8.04. The number of anilines is 1. The van der Waals surface area contributed by atoms with Gasteiger partial charge in [-0.1, -0.05) is 0 Å². The molecule has 0 aliphatic carbocycles. The fraction of sp³-hybridized carbons (Fsp3) is 0.688. The van der Waals surface area contributed by atoms with E-state index in [9.17, 15) is 4.79 Å². The molecule has 9 heteroatoms. The van der Waals surface area contributed by atoms with Crippen LogP contribution in [0.4, 0.5) is 10.6 Å². The predicted octanol–water partition coefficient (Wildman–Crippen LogP) is 1.36. The first-order valence-corrected chi connectivity index (χ1v) is 8.62. The molecule has 2 aromatic rings. The summed E-state index contributed by atoms with van der Waals surface area (Å²) >= 11 is 0. The van der Waals surface area contributed by atoms with Crippen molar-refractivity contribution in [1.29, 1.82) is 0 Å². The second-order valence-electron chi connectivity index (χ2n) is 8.04. The Morgan fingerprint density at radius 1 is 1.20 bits per heavy atom. The fourth-order valence-electron chi connectivity index (χ4n) is 3.54. The molecule has 2 saturated heterocycles. The van der Waals surface area contributed by atoms with Gasteiger partial charge in [-0.2, -0.15) is 0 Å². The van der Waals surface area contributed by atoms with Gasteiger partial charge in [0.1, 0.15) is 5.60 Å². The summed E-state index contributed by atoms with van der Waals surface area (Å²) in [5, 5.41) is 15.8. The Balaban J connectivity index is 1.34. The molecule has 2 aliphatic heterocycles. The Kier molecular flexibility index (Phi) is 3.55. The second kappa shape index (κ2) is 5.53. The van der Waals surface area contributed by atoms with Gasteiger partial charge in [0.2, 0.25) is 0 Å². The van der Waals surface area contributed by atoms with E-state index in [4.69, 9.17) is 4.74 Å². The number of fused-ring (bicyclic) bond motifs is 1. The van der Waals surface area contributed by atoms with Crippen molar-refractivity contribution >= 4 is 17.6 Å². The highest BCUT2D eigenvalue weighted by molar-refractivity contribution is 5.68. The van der Waals surface area contributed by atoms with Crippen molar-refractivity contribution in [2.45, 2.75) is 39.2 Å². The number of aromatic nitrogens is 5. The van der Waals surface area contributed by atoms with E-state index in [1.165, 1.54) is 4.63 Å². The van der Waals surface area contributed by atoms with Crippen molar-refractivity contribution in [3.05, 3.63) is 12.1 Å². The minimum atomic E-state index is -0.444. The number of ether oxygens (including phenoxy) is 1. The molecular weight excluding hydrogens is 322 g/mol. The molecule has 0 radical (unpaired) electrons. The third-order valence-electron chi connectivity index (χ3n) is 4.91. The van der Waals surface area contributed by atoms with Gasteiger partial charge in [-0.15, -0.1) is 14.8 Å². The van der Waals surface area contributed by atoms with Crippen LogP contribution in [-0.4, -0.2) is 68.0 Å². The first kappa shape index (κ1) is 16.0. The van der Waals surface area contributed by atoms with Crippen LogP contribution in [0.5, 0.6) is 0 Å². The molecule has 0 aromatic carbocycles. The lowest BCUT2D eigenvalue weighted by molar-refractivity contribution is 0.00587. The van der Waals surface area contributed by atoms with E-state index in [2.05, 4.69) is 25.5 Å². The zero-order valence-corrected chi connectivity index (χ0v) is 14.8. The summed E-state index contributed by atoms with van der Waals surface area (Å²) in [6.45, 7) is 9.11. The number of piperidine rings is 1. The fourth-order valence-corrected chi connectivity index (χ4v) is 3.54. The minimum absolute atomic E-state index is 0.204. The molecule has 0 saturated carbocycles. The van der Waals surface area contributed by atoms with Gasteiger partial charge in [-0.3, -0.25) is 0 Å². The highest BCUT2D eigenvalue weighted by Crippen LogP contribution is 2.42. The molecular formula is C16H23N7O2. The van der Waals surface area contributed by atoms with Crippen molar-refractivity contribution in [2.75, 3.05) is 31.1 Å². The summed E-state index contributed by atoms with van der Waals surface area (Å²) < 4.78 is 6.92. The zero-order chi connectivity index (χ0) is 17.7. The quantitative estimate of drug-likeness (QED) is 0.771. The van der Waals surface area contributed by atoms with Gasteiger partial charge >= 0.3 is 6.09 Å². The molecule has 9 nitrogen and oxygen atoms in total. The third-order valence-corrected chi connectivity index (χ3v) is 4.91. The van der Waals surface area contributed by atoms with Crippen molar-refractivity contribution in [1.82, 2.24) is 30.2 Å². The number of nitrogens with zero attached hydrogens (tertiary/aromatic N) is 7. The summed E-state index contributed by atoms with van der Waals surface area (Å²) in [4.78, 5) is 16.2. The van der Waals surface area contributed by atoms with Crippen molar-refractivity contribution in [3.63, 3.8) is 0 Å². The van der Waals surface area contributed by atoms with E-state index in [0.29, 0.717) is 5.65 Å². The maximum absolute atomic E-state index is 12.2. The van der Waals surface area contributed by atoms with Crippen LogP contribution in [0, 0.1) is 5.41 Å². The van der Waals surface area contributed by atoms with E-state index in [1.54, 1.807) is 0 Å². The number of tetrazole rings is 1. The van der Waals surface area contributed by atoms with E-state index in [-0.39, 0.29) is 11.5 Å². The molecule has 0 atom stereocenters. The summed E-state index contributed by atoms with van der Waals surface area (Å²) in [5.74, 6) is 0.889. The Labute approximate surface area is 145 Å². The molecule has 1 amide bonds. The molecule has 134 valence electrons. The van der Waals surface area contributed by atoms with Crippen LogP contribution < -0.4 is 4.90 Å². The van der Waals surface area contributed by atoms with Crippen LogP contribution in [0.25, 0.3) is 5.65 Å². The molecule has 2 fully saturated rings. The lowest BCUT2D eigenvalue weighted by Gasteiger charge is -2.54. The van der Waals surface area contributed by atoms with Gasteiger partial charge in [0.15, 0.2) is 11.5 Å². The Hall–Kier alpha value is -2.45. The Bertz CT molecular complexity index is 781. The van der Waals surface area contributed by atoms with Crippen molar-refractivity contribution in [3.8, 4) is 0 Å². The van der Waals surface area contributed by atoms with Crippen LogP contribution in [0.3, 0.4) is 0 Å². The van der Waals surface area contributed by atoms with Crippen molar-refractivity contribution in [2.24, 2.45) is 5.41 Å². The van der Waals surface area contributed by atoms with Crippen molar-refractivity contribution < 1.29 is 9.53 Å². The number of carbonyl (C=O) groups excluding carboxylic acids is 1. The van der Waals surface area contributed by atoms with Gasteiger partial charge < -0.3 is 14.5 Å². The van der Waals surface area contributed by atoms with E-state index < -0.39 is 5.60 Å². The van der Waals surface area contributed by atoms with E-state index in [1.807, 2.05) is 37.8 Å². The normalized spacial score (nSPS) is 20.0. The lowest BCUT2D eigenvalue weighted by atomic mass is 9.72. The summed E-state index contributed by atoms with van der Waals surface area (Å²) in [7, 11) is 0. The summed E-state index contributed by atoms with van der Waals surface area (Å²) in [5.41, 5.74) is 0.472. The van der Waals surface area contributed by atoms with E-state index in [0.717, 1.165) is 44.8 Å². The average Bonchev–Trinajstić information content (AvgIpc) is 2.98. The zero-order valence-electron chi connectivity index (χ0n) is 14.8. The Morgan fingerprint density at radius 2 is 1.92 bits per heavy atom. The molecule has 1 spiro atoms. The molecule has 2 aliphatic rings. The molecule has 25 heavy (non-hydrogen) atoms. The number of hydrogen-bond acceptors (Lipinski definition) is 7. The largest absolute Gasteiger partial charge is 0.444 e. The third kappa shape index (κ3) is 3.10. The number of rotatable bonds is 1. The molecule has 4 rings (SSSR count). The van der Waals surface area contributed by atoms with Gasteiger partial charge in [-0.05, 0) is 56.2 Å². The standard InChI is InChI=1S/C16H23N7O2/c1-15(2,3)25-14(24)21-8-6-16(7-9-21)10-22(11-16)13-5-4-12-17-19-20-23(12)18-13/h4-5H,6-11H2,1-3H3. The van der Waals surface area contributed by atoms with Crippen LogP contribution >= 0.6 is 0 Å². The first-order chi connectivity index (χ1) is 11.8. The van der Waals surface area contributed by atoms with Crippen LogP contribution in [0.2, 0.25) is 0 Å². The van der Waals surface area contributed by atoms with Gasteiger partial charge in [0.25, 0.3) is 0 Å². The number of hydrogen-bond donors (Lipinski definition) is 0. The molecule has 4 heterocycles. The molecule has 0 bridgehead atoms. The monoisotopic (exact) mass is 345 g/mol. The van der Waals surface area contributed by atoms with Crippen LogP contribution in [0.1, 0.15) is 33.6 Å². The molecule has 0 unspecified atom stereocenters. The first-order valence-electron chi connectivity index (χ1n) is 8.62. The smallest absolute Gasteiger partial charge is 0.410 e. The SMILES string of the molecule is CC(C)(C)OC(=O)N1CCC2(CC1)CN(c1ccc3nnnn3n1)C2. The number of likely N-dealkylation sites (tertiary alicyclic amines) is 1. The van der Waals surface area contributed by atoms with Gasteiger partial charge in [-0.25, -0.2) is 4.79 Å². The highest BCUT2D eigenvalue weighted by Gasteiger charge is 2.46. The maximum atomic E-state index is 12.2. The highest BCUT2D eigenvalue weighted by atomic mass is 16.6. The predicted molar refractivity (Wildman–Crippen MR) is 90.3 cm³/mol. The lowest BCUT2D eigenvalue weighted by Crippen LogP contribution is -2.61. The van der Waals surface area contributed by atoms with Gasteiger partial charge in [0, 0.05) is 31.6 Å². The Morgan fingerprint density at radius 3 is 2.60 bits per heavy atom.